The van der Waals surface area contributed by atoms with Gasteiger partial charge in [0, 0.05) is 10.6 Å². The Morgan fingerprint density at radius 1 is 1.36 bits per heavy atom. The monoisotopic (exact) mass is 317 g/mol. The summed E-state index contributed by atoms with van der Waals surface area (Å²) in [6.45, 7) is 1.91. The molecular formula is C16H12ClNO4. The zero-order valence-corrected chi connectivity index (χ0v) is 12.5. The van der Waals surface area contributed by atoms with Gasteiger partial charge < -0.3 is 9.15 Å². The fourth-order valence-electron chi connectivity index (χ4n) is 1.92. The number of carbonyl (C=O) groups is 1. The van der Waals surface area contributed by atoms with E-state index in [1.807, 2.05) is 0 Å². The van der Waals surface area contributed by atoms with Crippen molar-refractivity contribution in [1.82, 2.24) is 0 Å². The first kappa shape index (κ1) is 15.8. The van der Waals surface area contributed by atoms with E-state index >= 15 is 0 Å². The molecule has 0 radical (unpaired) electrons. The molecule has 0 aliphatic heterocycles. The average Bonchev–Trinajstić information content (AvgIpc) is 2.48. The topological polar surface area (TPSA) is 80.3 Å². The summed E-state index contributed by atoms with van der Waals surface area (Å²) in [7, 11) is 0. The summed E-state index contributed by atoms with van der Waals surface area (Å²) < 4.78 is 9.98. The van der Waals surface area contributed by atoms with Gasteiger partial charge in [-0.05, 0) is 42.8 Å². The van der Waals surface area contributed by atoms with E-state index < -0.39 is 11.6 Å². The minimum atomic E-state index is -0.783. The highest BCUT2D eigenvalue weighted by Crippen LogP contribution is 2.22. The lowest BCUT2D eigenvalue weighted by Gasteiger charge is -2.06. The third-order valence-corrected chi connectivity index (χ3v) is 3.17. The first-order valence-electron chi connectivity index (χ1n) is 6.53. The Labute approximate surface area is 131 Å². The Bertz CT molecular complexity index is 787. The fourth-order valence-corrected chi connectivity index (χ4v) is 2.05. The third-order valence-electron chi connectivity index (χ3n) is 2.91. The normalized spacial score (nSPS) is 10.0. The van der Waals surface area contributed by atoms with Gasteiger partial charge in [-0.15, -0.1) is 0 Å². The maximum absolute atomic E-state index is 11.9. The lowest BCUT2D eigenvalue weighted by molar-refractivity contribution is -0.142. The Morgan fingerprint density at radius 2 is 2.05 bits per heavy atom. The molecular weight excluding hydrogens is 306 g/mol. The number of esters is 1. The highest BCUT2D eigenvalue weighted by molar-refractivity contribution is 6.30. The zero-order chi connectivity index (χ0) is 16.1. The molecule has 0 saturated heterocycles. The van der Waals surface area contributed by atoms with Crippen molar-refractivity contribution in [1.29, 1.82) is 5.26 Å². The fraction of sp³-hybridized carbons (Fsp3) is 0.188. The standard InChI is InChI=1S/C16H12ClNO4/c1-2-21-15(19)8-11-7-14(22-16(20)13(11)9-18)10-3-5-12(17)6-4-10/h3-7H,2,8H2,1H3. The van der Waals surface area contributed by atoms with Crippen molar-refractivity contribution < 1.29 is 13.9 Å². The summed E-state index contributed by atoms with van der Waals surface area (Å²) >= 11 is 5.82. The molecule has 2 aromatic rings. The Kier molecular flexibility index (Phi) is 4.97. The van der Waals surface area contributed by atoms with E-state index in [0.717, 1.165) is 0 Å². The molecule has 1 aromatic heterocycles. The van der Waals surface area contributed by atoms with Crippen molar-refractivity contribution in [2.24, 2.45) is 0 Å². The van der Waals surface area contributed by atoms with Crippen LogP contribution in [0.25, 0.3) is 11.3 Å². The van der Waals surface area contributed by atoms with Crippen molar-refractivity contribution in [2.75, 3.05) is 6.61 Å². The highest BCUT2D eigenvalue weighted by atomic mass is 35.5. The first-order valence-corrected chi connectivity index (χ1v) is 6.91. The number of nitrogens with zero attached hydrogens (tertiary/aromatic N) is 1. The molecule has 112 valence electrons. The maximum atomic E-state index is 11.9. The van der Waals surface area contributed by atoms with Crippen LogP contribution in [0.15, 0.2) is 39.5 Å². The number of ether oxygens (including phenoxy) is 1. The van der Waals surface area contributed by atoms with Crippen molar-refractivity contribution in [3.63, 3.8) is 0 Å². The first-order chi connectivity index (χ1) is 10.5. The van der Waals surface area contributed by atoms with Gasteiger partial charge in [-0.3, -0.25) is 4.79 Å². The molecule has 0 spiro atoms. The minimum Gasteiger partial charge on any atom is -0.466 e. The zero-order valence-electron chi connectivity index (χ0n) is 11.8. The molecule has 1 heterocycles. The molecule has 0 saturated carbocycles. The van der Waals surface area contributed by atoms with E-state index in [9.17, 15) is 9.59 Å². The Morgan fingerprint density at radius 3 is 2.64 bits per heavy atom. The van der Waals surface area contributed by atoms with Crippen molar-refractivity contribution >= 4 is 17.6 Å². The van der Waals surface area contributed by atoms with Crippen LogP contribution in [0.5, 0.6) is 0 Å². The SMILES string of the molecule is CCOC(=O)Cc1cc(-c2ccc(Cl)cc2)oc(=O)c1C#N. The predicted molar refractivity (Wildman–Crippen MR) is 80.5 cm³/mol. The smallest absolute Gasteiger partial charge is 0.354 e. The summed E-state index contributed by atoms with van der Waals surface area (Å²) in [6.07, 6.45) is -0.164. The van der Waals surface area contributed by atoms with Gasteiger partial charge >= 0.3 is 11.6 Å². The third kappa shape index (κ3) is 3.54. The molecule has 0 amide bonds. The Hall–Kier alpha value is -2.58. The largest absolute Gasteiger partial charge is 0.466 e. The number of carbonyl (C=O) groups excluding carboxylic acids is 1. The van der Waals surface area contributed by atoms with E-state index in [1.165, 1.54) is 6.07 Å². The molecule has 6 heteroatoms. The molecule has 0 N–H and O–H groups in total. The van der Waals surface area contributed by atoms with E-state index in [4.69, 9.17) is 26.0 Å². The van der Waals surface area contributed by atoms with Crippen LogP contribution < -0.4 is 5.63 Å². The summed E-state index contributed by atoms with van der Waals surface area (Å²) in [5, 5.41) is 9.61. The second kappa shape index (κ2) is 6.92. The quantitative estimate of drug-likeness (QED) is 0.810. The molecule has 5 nitrogen and oxygen atoms in total. The summed E-state index contributed by atoms with van der Waals surface area (Å²) in [6, 6.07) is 9.93. The molecule has 0 fully saturated rings. The van der Waals surface area contributed by atoms with Gasteiger partial charge in [-0.2, -0.15) is 5.26 Å². The van der Waals surface area contributed by atoms with Crippen LogP contribution in [0.1, 0.15) is 18.1 Å². The van der Waals surface area contributed by atoms with Gasteiger partial charge in [-0.25, -0.2) is 4.79 Å². The number of nitriles is 1. The minimum absolute atomic E-state index is 0.164. The lowest BCUT2D eigenvalue weighted by atomic mass is 10.0. The molecule has 22 heavy (non-hydrogen) atoms. The molecule has 0 bridgehead atoms. The maximum Gasteiger partial charge on any atom is 0.354 e. The summed E-state index contributed by atoms with van der Waals surface area (Å²) in [5.74, 6) is -0.244. The van der Waals surface area contributed by atoms with E-state index in [-0.39, 0.29) is 29.9 Å². The van der Waals surface area contributed by atoms with Crippen LogP contribution in [-0.2, 0) is 16.0 Å². The number of hydrogen-bond donors (Lipinski definition) is 0. The highest BCUT2D eigenvalue weighted by Gasteiger charge is 2.16. The van der Waals surface area contributed by atoms with Crippen LogP contribution in [0.4, 0.5) is 0 Å². The van der Waals surface area contributed by atoms with E-state index in [0.29, 0.717) is 10.6 Å². The van der Waals surface area contributed by atoms with Crippen LogP contribution in [0, 0.1) is 11.3 Å². The van der Waals surface area contributed by atoms with Gasteiger partial charge in [0.15, 0.2) is 0 Å². The van der Waals surface area contributed by atoms with E-state index in [2.05, 4.69) is 0 Å². The average molecular weight is 318 g/mol. The van der Waals surface area contributed by atoms with Crippen LogP contribution >= 0.6 is 11.6 Å². The number of halogens is 1. The van der Waals surface area contributed by atoms with Crippen molar-refractivity contribution in [2.45, 2.75) is 13.3 Å². The summed E-state index contributed by atoms with van der Waals surface area (Å²) in [5.41, 5.74) is -0.0711. The van der Waals surface area contributed by atoms with Gasteiger partial charge in [0.1, 0.15) is 17.4 Å². The predicted octanol–water partition coefficient (Wildman–Crippen LogP) is 2.94. The van der Waals surface area contributed by atoms with Crippen LogP contribution in [-0.4, -0.2) is 12.6 Å². The summed E-state index contributed by atoms with van der Waals surface area (Å²) in [4.78, 5) is 23.5. The molecule has 0 unspecified atom stereocenters. The number of rotatable bonds is 4. The molecule has 1 aromatic carbocycles. The van der Waals surface area contributed by atoms with Gasteiger partial charge in [-0.1, -0.05) is 11.6 Å². The number of hydrogen-bond acceptors (Lipinski definition) is 5. The van der Waals surface area contributed by atoms with Crippen molar-refractivity contribution in [3.8, 4) is 17.4 Å². The van der Waals surface area contributed by atoms with Crippen molar-refractivity contribution in [3.05, 3.63) is 56.9 Å². The molecule has 0 aliphatic rings. The second-order valence-corrected chi connectivity index (χ2v) is 4.84. The van der Waals surface area contributed by atoms with Gasteiger partial charge in [0.25, 0.3) is 0 Å². The molecule has 0 aliphatic carbocycles. The lowest BCUT2D eigenvalue weighted by Crippen LogP contribution is -2.14. The Balaban J connectivity index is 2.48. The molecule has 0 atom stereocenters. The van der Waals surface area contributed by atoms with Crippen LogP contribution in [0.2, 0.25) is 5.02 Å². The van der Waals surface area contributed by atoms with Crippen LogP contribution in [0.3, 0.4) is 0 Å². The van der Waals surface area contributed by atoms with Gasteiger partial charge in [0.05, 0.1) is 13.0 Å². The van der Waals surface area contributed by atoms with Gasteiger partial charge in [0.2, 0.25) is 0 Å². The molecule has 2 rings (SSSR count). The number of benzene rings is 1. The van der Waals surface area contributed by atoms with E-state index in [1.54, 1.807) is 37.3 Å². The second-order valence-electron chi connectivity index (χ2n) is 4.40.